The van der Waals surface area contributed by atoms with Crippen LogP contribution in [-0.4, -0.2) is 27.3 Å². The third kappa shape index (κ3) is 1.41. The lowest BCUT2D eigenvalue weighted by Crippen LogP contribution is -2.31. The van der Waals surface area contributed by atoms with Crippen molar-refractivity contribution in [3.05, 3.63) is 29.5 Å². The third-order valence-electron chi connectivity index (χ3n) is 3.50. The van der Waals surface area contributed by atoms with E-state index in [-0.39, 0.29) is 17.4 Å². The quantitative estimate of drug-likeness (QED) is 0.716. The first kappa shape index (κ1) is 11.1. The van der Waals surface area contributed by atoms with Crippen molar-refractivity contribution in [3.63, 3.8) is 0 Å². The van der Waals surface area contributed by atoms with E-state index in [1.165, 1.54) is 6.07 Å². The molecule has 0 aliphatic carbocycles. The summed E-state index contributed by atoms with van der Waals surface area (Å²) in [6.45, 7) is 3.46. The summed E-state index contributed by atoms with van der Waals surface area (Å²) in [6, 6.07) is 5.02. The van der Waals surface area contributed by atoms with Crippen molar-refractivity contribution in [2.24, 2.45) is 0 Å². The highest BCUT2D eigenvalue weighted by Gasteiger charge is 2.23. The van der Waals surface area contributed by atoms with Gasteiger partial charge in [0.05, 0.1) is 16.8 Å². The molecule has 1 aromatic heterocycles. The second-order valence-corrected chi connectivity index (χ2v) is 4.68. The zero-order valence-electron chi connectivity index (χ0n) is 9.97. The molecule has 0 saturated carbocycles. The Morgan fingerprint density at radius 3 is 3.00 bits per heavy atom. The van der Waals surface area contributed by atoms with E-state index in [4.69, 9.17) is 5.11 Å². The standard InChI is InChI=1S/C13H14N2O3/c1-7-5-14-6-11-12(16)9-3-2-8(13(17)18)4-10(9)15(7)11/h2-4,7,14,16H,5-6H2,1H3,(H,17,18)/t7-/m1/s1. The molecule has 0 radical (unpaired) electrons. The summed E-state index contributed by atoms with van der Waals surface area (Å²) in [6.07, 6.45) is 0. The van der Waals surface area contributed by atoms with Crippen LogP contribution in [0.25, 0.3) is 10.9 Å². The predicted octanol–water partition coefficient (Wildman–Crippen LogP) is 1.71. The molecule has 1 atom stereocenters. The first-order valence-corrected chi connectivity index (χ1v) is 5.89. The van der Waals surface area contributed by atoms with Crippen LogP contribution < -0.4 is 5.32 Å². The highest BCUT2D eigenvalue weighted by Crippen LogP contribution is 2.36. The molecular formula is C13H14N2O3. The Balaban J connectivity index is 2.34. The largest absolute Gasteiger partial charge is 0.505 e. The van der Waals surface area contributed by atoms with Gasteiger partial charge in [-0.05, 0) is 25.1 Å². The van der Waals surface area contributed by atoms with Crippen LogP contribution in [0.2, 0.25) is 0 Å². The molecule has 5 nitrogen and oxygen atoms in total. The van der Waals surface area contributed by atoms with Crippen molar-refractivity contribution in [3.8, 4) is 5.75 Å². The number of aromatic hydroxyl groups is 1. The molecule has 1 aliphatic rings. The molecule has 3 N–H and O–H groups in total. The summed E-state index contributed by atoms with van der Waals surface area (Å²) < 4.78 is 2.02. The molecule has 0 spiro atoms. The average Bonchev–Trinajstić information content (AvgIpc) is 2.64. The number of rotatable bonds is 1. The zero-order valence-corrected chi connectivity index (χ0v) is 9.97. The van der Waals surface area contributed by atoms with Crippen LogP contribution in [0.1, 0.15) is 29.0 Å². The predicted molar refractivity (Wildman–Crippen MR) is 67.0 cm³/mol. The molecule has 94 valence electrons. The normalized spacial score (nSPS) is 18.8. The van der Waals surface area contributed by atoms with Crippen molar-refractivity contribution < 1.29 is 15.0 Å². The number of aromatic nitrogens is 1. The van der Waals surface area contributed by atoms with Gasteiger partial charge in [0.15, 0.2) is 0 Å². The first-order valence-electron chi connectivity index (χ1n) is 5.89. The molecule has 0 unspecified atom stereocenters. The summed E-state index contributed by atoms with van der Waals surface area (Å²) in [5.74, 6) is -0.700. The Hall–Kier alpha value is -2.01. The van der Waals surface area contributed by atoms with E-state index in [1.807, 2.05) is 11.5 Å². The summed E-state index contributed by atoms with van der Waals surface area (Å²) in [7, 11) is 0. The second-order valence-electron chi connectivity index (χ2n) is 4.68. The van der Waals surface area contributed by atoms with Crippen LogP contribution in [0.3, 0.4) is 0 Å². The fourth-order valence-electron chi connectivity index (χ4n) is 2.64. The summed E-state index contributed by atoms with van der Waals surface area (Å²) in [4.78, 5) is 11.0. The summed E-state index contributed by atoms with van der Waals surface area (Å²) in [5, 5.41) is 23.2. The van der Waals surface area contributed by atoms with Crippen molar-refractivity contribution in [1.29, 1.82) is 0 Å². The van der Waals surface area contributed by atoms with Crippen LogP contribution in [0, 0.1) is 0 Å². The number of aromatic carboxylic acids is 1. The third-order valence-corrected chi connectivity index (χ3v) is 3.50. The lowest BCUT2D eigenvalue weighted by molar-refractivity contribution is 0.0697. The van der Waals surface area contributed by atoms with Crippen molar-refractivity contribution in [2.45, 2.75) is 19.5 Å². The van der Waals surface area contributed by atoms with Crippen molar-refractivity contribution >= 4 is 16.9 Å². The van der Waals surface area contributed by atoms with E-state index < -0.39 is 5.97 Å². The molecular weight excluding hydrogens is 232 g/mol. The monoisotopic (exact) mass is 246 g/mol. The number of fused-ring (bicyclic) bond motifs is 3. The van der Waals surface area contributed by atoms with Gasteiger partial charge in [0.25, 0.3) is 0 Å². The summed E-state index contributed by atoms with van der Waals surface area (Å²) >= 11 is 0. The lowest BCUT2D eigenvalue weighted by Gasteiger charge is -2.24. The Kier molecular flexibility index (Phi) is 2.31. The zero-order chi connectivity index (χ0) is 12.9. The highest BCUT2D eigenvalue weighted by atomic mass is 16.4. The van der Waals surface area contributed by atoms with Gasteiger partial charge in [-0.1, -0.05) is 0 Å². The van der Waals surface area contributed by atoms with Crippen LogP contribution in [0.15, 0.2) is 18.2 Å². The molecule has 0 fully saturated rings. The smallest absolute Gasteiger partial charge is 0.335 e. The van der Waals surface area contributed by atoms with Crippen LogP contribution >= 0.6 is 0 Å². The molecule has 5 heteroatoms. The molecule has 3 rings (SSSR count). The average molecular weight is 246 g/mol. The molecule has 2 heterocycles. The fourth-order valence-corrected chi connectivity index (χ4v) is 2.64. The van der Waals surface area contributed by atoms with Gasteiger partial charge in [-0.25, -0.2) is 4.79 Å². The van der Waals surface area contributed by atoms with E-state index in [0.717, 1.165) is 17.8 Å². The van der Waals surface area contributed by atoms with Gasteiger partial charge in [0, 0.05) is 24.5 Å². The van der Waals surface area contributed by atoms with Gasteiger partial charge >= 0.3 is 5.97 Å². The molecule has 0 saturated heterocycles. The van der Waals surface area contributed by atoms with Gasteiger partial charge in [-0.15, -0.1) is 0 Å². The van der Waals surface area contributed by atoms with Gasteiger partial charge in [-0.3, -0.25) is 0 Å². The molecule has 1 aliphatic heterocycles. The molecule has 18 heavy (non-hydrogen) atoms. The van der Waals surface area contributed by atoms with Crippen LogP contribution in [0.5, 0.6) is 5.75 Å². The maximum atomic E-state index is 11.0. The number of nitrogens with zero attached hydrogens (tertiary/aromatic N) is 1. The van der Waals surface area contributed by atoms with Crippen LogP contribution in [0.4, 0.5) is 0 Å². The van der Waals surface area contributed by atoms with E-state index in [2.05, 4.69) is 5.32 Å². The maximum absolute atomic E-state index is 11.0. The number of nitrogens with one attached hydrogen (secondary N) is 1. The molecule has 0 bridgehead atoms. The van der Waals surface area contributed by atoms with Gasteiger partial charge in [-0.2, -0.15) is 0 Å². The minimum atomic E-state index is -0.950. The Labute approximate surface area is 104 Å². The van der Waals surface area contributed by atoms with E-state index in [9.17, 15) is 9.90 Å². The maximum Gasteiger partial charge on any atom is 0.335 e. The number of benzene rings is 1. The van der Waals surface area contributed by atoms with Crippen molar-refractivity contribution in [2.75, 3.05) is 6.54 Å². The van der Waals surface area contributed by atoms with E-state index in [1.54, 1.807) is 12.1 Å². The Bertz CT molecular complexity index is 645. The number of hydrogen-bond donors (Lipinski definition) is 3. The fraction of sp³-hybridized carbons (Fsp3) is 0.308. The molecule has 0 amide bonds. The minimum absolute atomic E-state index is 0.196. The van der Waals surface area contributed by atoms with Crippen LogP contribution in [-0.2, 0) is 6.54 Å². The Morgan fingerprint density at radius 2 is 2.28 bits per heavy atom. The number of carboxylic acids is 1. The highest BCUT2D eigenvalue weighted by molar-refractivity contribution is 5.96. The molecule has 2 aromatic rings. The summed E-state index contributed by atoms with van der Waals surface area (Å²) in [5.41, 5.74) is 1.86. The lowest BCUT2D eigenvalue weighted by atomic mass is 10.1. The van der Waals surface area contributed by atoms with Crippen molar-refractivity contribution in [1.82, 2.24) is 9.88 Å². The van der Waals surface area contributed by atoms with Gasteiger partial charge in [0.1, 0.15) is 5.75 Å². The number of carbonyl (C=O) groups is 1. The molecule has 1 aromatic carbocycles. The number of hydrogen-bond acceptors (Lipinski definition) is 3. The topological polar surface area (TPSA) is 74.5 Å². The van der Waals surface area contributed by atoms with Gasteiger partial charge < -0.3 is 20.1 Å². The van der Waals surface area contributed by atoms with E-state index >= 15 is 0 Å². The number of carboxylic acid groups (broad SMARTS) is 1. The minimum Gasteiger partial charge on any atom is -0.505 e. The SMILES string of the molecule is C[C@@H]1CNCc2c(O)c3ccc(C(=O)O)cc3n21. The Morgan fingerprint density at radius 1 is 1.50 bits per heavy atom. The van der Waals surface area contributed by atoms with E-state index in [0.29, 0.717) is 11.9 Å². The van der Waals surface area contributed by atoms with Gasteiger partial charge in [0.2, 0.25) is 0 Å². The second kappa shape index (κ2) is 3.74. The first-order chi connectivity index (χ1) is 8.59.